The van der Waals surface area contributed by atoms with Crippen LogP contribution in [0.25, 0.3) is 10.9 Å². The molecule has 7 heteroatoms. The Kier molecular flexibility index (Phi) is 5.12. The minimum Gasteiger partial charge on any atom is -0.497 e. The van der Waals surface area contributed by atoms with Gasteiger partial charge in [-0.15, -0.1) is 0 Å². The molecule has 1 N–H and O–H groups in total. The van der Waals surface area contributed by atoms with E-state index in [2.05, 4.69) is 5.32 Å². The molecule has 4 aromatic rings. The number of hydrogen-bond acceptors (Lipinski definition) is 5. The smallest absolute Gasteiger partial charge is 0.268 e. The van der Waals surface area contributed by atoms with E-state index < -0.39 is 10.0 Å². The first-order valence-electron chi connectivity index (χ1n) is 11.5. The second-order valence-electron chi connectivity index (χ2n) is 8.89. The number of para-hydroxylation sites is 1. The summed E-state index contributed by atoms with van der Waals surface area (Å²) in [6.45, 7) is 0.717. The highest BCUT2D eigenvalue weighted by molar-refractivity contribution is 7.90. The average molecular weight is 475 g/mol. The zero-order valence-electron chi connectivity index (χ0n) is 18.8. The van der Waals surface area contributed by atoms with Crippen molar-refractivity contribution in [2.75, 3.05) is 19.0 Å². The van der Waals surface area contributed by atoms with E-state index in [0.717, 1.165) is 40.8 Å². The minimum absolute atomic E-state index is 0.0713. The third kappa shape index (κ3) is 3.30. The normalized spacial score (nSPS) is 22.0. The number of aromatic nitrogens is 1. The Bertz CT molecular complexity index is 1460. The van der Waals surface area contributed by atoms with Crippen molar-refractivity contribution in [2.24, 2.45) is 5.92 Å². The molecule has 3 aromatic carbocycles. The molecule has 174 valence electrons. The Labute approximate surface area is 199 Å². The van der Waals surface area contributed by atoms with E-state index in [1.54, 1.807) is 37.6 Å². The van der Waals surface area contributed by atoms with E-state index in [4.69, 9.17) is 9.47 Å². The SMILES string of the molecule is COc1ccc2c(c1)[C@H]1OCCC[C@H]1[C@@H](c1cn(S(=O)(=O)c3ccccc3)c3ccccc13)N2. The quantitative estimate of drug-likeness (QED) is 0.422. The first kappa shape index (κ1) is 21.3. The second kappa shape index (κ2) is 8.18. The van der Waals surface area contributed by atoms with Crippen LogP contribution in [-0.4, -0.2) is 26.1 Å². The van der Waals surface area contributed by atoms with Crippen LogP contribution in [0.3, 0.4) is 0 Å². The van der Waals surface area contributed by atoms with Gasteiger partial charge in [0.15, 0.2) is 0 Å². The van der Waals surface area contributed by atoms with E-state index in [9.17, 15) is 8.42 Å². The summed E-state index contributed by atoms with van der Waals surface area (Å²) < 4.78 is 40.4. The van der Waals surface area contributed by atoms with Crippen LogP contribution in [0.1, 0.15) is 36.1 Å². The van der Waals surface area contributed by atoms with Crippen LogP contribution in [0.15, 0.2) is 83.9 Å². The molecule has 0 spiro atoms. The monoisotopic (exact) mass is 474 g/mol. The predicted molar refractivity (Wildman–Crippen MR) is 132 cm³/mol. The van der Waals surface area contributed by atoms with Gasteiger partial charge in [-0.3, -0.25) is 0 Å². The summed E-state index contributed by atoms with van der Waals surface area (Å²) in [4.78, 5) is 0.273. The average Bonchev–Trinajstić information content (AvgIpc) is 3.29. The number of hydrogen-bond donors (Lipinski definition) is 1. The standard InChI is InChI=1S/C27H26N2O4S/c1-32-18-13-14-24-22(16-18)27-21(11-7-15-33-27)26(28-24)23-17-29(25-12-6-5-10-20(23)25)34(30,31)19-8-3-2-4-9-19/h2-6,8-10,12-14,16-17,21,26-28H,7,11,15H2,1H3/t21-,26-,27-/m0/s1. The van der Waals surface area contributed by atoms with Crippen LogP contribution in [0.2, 0.25) is 0 Å². The molecule has 1 saturated heterocycles. The Morgan fingerprint density at radius 1 is 1.00 bits per heavy atom. The molecule has 6 rings (SSSR count). The fourth-order valence-corrected chi connectivity index (χ4v) is 6.81. The van der Waals surface area contributed by atoms with E-state index in [1.165, 1.54) is 3.97 Å². The molecule has 3 heterocycles. The lowest BCUT2D eigenvalue weighted by molar-refractivity contribution is -0.0380. The summed E-state index contributed by atoms with van der Waals surface area (Å²) in [6.07, 6.45) is 3.69. The van der Waals surface area contributed by atoms with Gasteiger partial charge >= 0.3 is 0 Å². The molecule has 0 amide bonds. The molecule has 34 heavy (non-hydrogen) atoms. The van der Waals surface area contributed by atoms with Gasteiger partial charge in [0, 0.05) is 40.9 Å². The Morgan fingerprint density at radius 2 is 1.79 bits per heavy atom. The number of nitrogens with one attached hydrogen (secondary N) is 1. The van der Waals surface area contributed by atoms with Gasteiger partial charge in [0.25, 0.3) is 10.0 Å². The highest BCUT2D eigenvalue weighted by Gasteiger charge is 2.41. The first-order chi connectivity index (χ1) is 16.6. The molecule has 0 bridgehead atoms. The van der Waals surface area contributed by atoms with Crippen molar-refractivity contribution in [2.45, 2.75) is 29.9 Å². The largest absolute Gasteiger partial charge is 0.497 e. The fraction of sp³-hybridized carbons (Fsp3) is 0.259. The topological polar surface area (TPSA) is 69.6 Å². The van der Waals surface area contributed by atoms with Crippen LogP contribution in [0, 0.1) is 5.92 Å². The van der Waals surface area contributed by atoms with Gasteiger partial charge in [-0.1, -0.05) is 36.4 Å². The molecule has 3 atom stereocenters. The third-order valence-corrected chi connectivity index (χ3v) is 8.70. The molecule has 0 aliphatic carbocycles. The zero-order chi connectivity index (χ0) is 23.3. The molecule has 1 fully saturated rings. The lowest BCUT2D eigenvalue weighted by atomic mass is 9.77. The zero-order valence-corrected chi connectivity index (χ0v) is 19.7. The van der Waals surface area contributed by atoms with Crippen molar-refractivity contribution in [1.29, 1.82) is 0 Å². The molecular formula is C27H26N2O4S. The Hall–Kier alpha value is -3.29. The van der Waals surface area contributed by atoms with Crippen molar-refractivity contribution < 1.29 is 17.9 Å². The number of nitrogens with zero attached hydrogens (tertiary/aromatic N) is 1. The first-order valence-corrected chi connectivity index (χ1v) is 13.0. The number of methoxy groups -OCH3 is 1. The molecule has 0 radical (unpaired) electrons. The number of anilines is 1. The number of fused-ring (bicyclic) bond motifs is 4. The van der Waals surface area contributed by atoms with Crippen LogP contribution in [0.4, 0.5) is 5.69 Å². The van der Waals surface area contributed by atoms with E-state index in [0.29, 0.717) is 12.1 Å². The van der Waals surface area contributed by atoms with Crippen molar-refractivity contribution in [3.63, 3.8) is 0 Å². The number of rotatable bonds is 4. The van der Waals surface area contributed by atoms with Crippen LogP contribution < -0.4 is 10.1 Å². The summed E-state index contributed by atoms with van der Waals surface area (Å²) in [5.41, 5.74) is 3.74. The molecule has 0 unspecified atom stereocenters. The van der Waals surface area contributed by atoms with Gasteiger partial charge in [-0.25, -0.2) is 12.4 Å². The van der Waals surface area contributed by atoms with Crippen molar-refractivity contribution in [3.05, 3.63) is 90.1 Å². The summed E-state index contributed by atoms with van der Waals surface area (Å²) in [5, 5.41) is 4.65. The highest BCUT2D eigenvalue weighted by Crippen LogP contribution is 2.51. The van der Waals surface area contributed by atoms with Gasteiger partial charge in [0.2, 0.25) is 0 Å². The number of ether oxygens (including phenoxy) is 2. The van der Waals surface area contributed by atoms with Gasteiger partial charge in [-0.05, 0) is 49.2 Å². The molecule has 6 nitrogen and oxygen atoms in total. The van der Waals surface area contributed by atoms with Gasteiger partial charge in [0.05, 0.1) is 29.7 Å². The van der Waals surface area contributed by atoms with Crippen molar-refractivity contribution in [1.82, 2.24) is 3.97 Å². The number of benzene rings is 3. The third-order valence-electron chi connectivity index (χ3n) is 7.02. The van der Waals surface area contributed by atoms with Crippen molar-refractivity contribution >= 4 is 26.6 Å². The molecular weight excluding hydrogens is 448 g/mol. The van der Waals surface area contributed by atoms with Crippen LogP contribution in [-0.2, 0) is 14.8 Å². The summed E-state index contributed by atoms with van der Waals surface area (Å²) in [5.74, 6) is 0.976. The minimum atomic E-state index is -3.74. The summed E-state index contributed by atoms with van der Waals surface area (Å²) >= 11 is 0. The molecule has 2 aliphatic rings. The second-order valence-corrected chi connectivity index (χ2v) is 10.7. The highest BCUT2D eigenvalue weighted by atomic mass is 32.2. The molecule has 1 aromatic heterocycles. The maximum atomic E-state index is 13.6. The summed E-state index contributed by atoms with van der Waals surface area (Å²) in [6, 6.07) is 22.2. The van der Waals surface area contributed by atoms with Gasteiger partial charge in [0.1, 0.15) is 5.75 Å². The fourth-order valence-electron chi connectivity index (χ4n) is 5.41. The van der Waals surface area contributed by atoms with Gasteiger partial charge < -0.3 is 14.8 Å². The van der Waals surface area contributed by atoms with Crippen LogP contribution in [0.5, 0.6) is 5.75 Å². The Morgan fingerprint density at radius 3 is 2.62 bits per heavy atom. The van der Waals surface area contributed by atoms with E-state index in [-0.39, 0.29) is 23.0 Å². The van der Waals surface area contributed by atoms with Crippen molar-refractivity contribution in [3.8, 4) is 5.75 Å². The lowest BCUT2D eigenvalue weighted by Gasteiger charge is -2.43. The maximum absolute atomic E-state index is 13.6. The molecule has 2 aliphatic heterocycles. The van der Waals surface area contributed by atoms with E-state index in [1.807, 2.05) is 48.5 Å². The van der Waals surface area contributed by atoms with E-state index >= 15 is 0 Å². The Balaban J connectivity index is 1.52. The maximum Gasteiger partial charge on any atom is 0.268 e. The predicted octanol–water partition coefficient (Wildman–Crippen LogP) is 5.52. The molecule has 0 saturated carbocycles. The summed E-state index contributed by atoms with van der Waals surface area (Å²) in [7, 11) is -2.07. The van der Waals surface area contributed by atoms with Gasteiger partial charge in [-0.2, -0.15) is 0 Å². The lowest BCUT2D eigenvalue weighted by Crippen LogP contribution is -2.36. The van der Waals surface area contributed by atoms with Crippen LogP contribution >= 0.6 is 0 Å².